The number of nitrogens with zero attached hydrogens (tertiary/aromatic N) is 1. The fourth-order valence-electron chi connectivity index (χ4n) is 2.17. The Morgan fingerprint density at radius 2 is 1.92 bits per heavy atom. The van der Waals surface area contributed by atoms with Crippen molar-refractivity contribution in [2.24, 2.45) is 5.73 Å². The average Bonchev–Trinajstić information content (AvgIpc) is 3.09. The van der Waals surface area contributed by atoms with Crippen LogP contribution < -0.4 is 10.5 Å². The molecule has 0 spiro atoms. The van der Waals surface area contributed by atoms with E-state index in [0.29, 0.717) is 18.1 Å². The molecular formula is C18H15BrN2O4. The number of ether oxygens (including phenoxy) is 2. The van der Waals surface area contributed by atoms with Gasteiger partial charge in [-0.1, -0.05) is 35.5 Å². The Bertz CT molecular complexity index is 865. The molecule has 0 bridgehead atoms. The second kappa shape index (κ2) is 7.85. The van der Waals surface area contributed by atoms with E-state index < -0.39 is 6.09 Å². The van der Waals surface area contributed by atoms with E-state index in [1.165, 1.54) is 0 Å². The van der Waals surface area contributed by atoms with Crippen LogP contribution in [0.4, 0.5) is 4.79 Å². The number of aromatic nitrogens is 1. The SMILES string of the molecule is NC(=O)OCc1cc(-c2ccc(OCc3ccccc3)c(Br)c2)no1. The van der Waals surface area contributed by atoms with E-state index in [2.05, 4.69) is 25.8 Å². The van der Waals surface area contributed by atoms with Gasteiger partial charge < -0.3 is 19.7 Å². The molecule has 0 aliphatic carbocycles. The largest absolute Gasteiger partial charge is 0.488 e. The standard InChI is InChI=1S/C18H15BrN2O4/c19-15-8-13(16-9-14(25-21-16)11-24-18(20)22)6-7-17(15)23-10-12-4-2-1-3-5-12/h1-9H,10-11H2,(H2,20,22). The van der Waals surface area contributed by atoms with Gasteiger partial charge in [0.15, 0.2) is 12.4 Å². The first kappa shape index (κ1) is 17.0. The van der Waals surface area contributed by atoms with Crippen LogP contribution in [0.5, 0.6) is 5.75 Å². The zero-order valence-electron chi connectivity index (χ0n) is 13.1. The number of rotatable bonds is 6. The third kappa shape index (κ3) is 4.60. The lowest BCUT2D eigenvalue weighted by Crippen LogP contribution is -2.12. The molecule has 0 fully saturated rings. The molecule has 0 aliphatic heterocycles. The Balaban J connectivity index is 1.68. The number of benzene rings is 2. The fraction of sp³-hybridized carbons (Fsp3) is 0.111. The predicted octanol–water partition coefficient (Wildman–Crippen LogP) is 4.28. The number of amides is 1. The number of carbonyl (C=O) groups excluding carboxylic acids is 1. The monoisotopic (exact) mass is 402 g/mol. The van der Waals surface area contributed by atoms with Crippen molar-refractivity contribution >= 4 is 22.0 Å². The number of hydrogen-bond acceptors (Lipinski definition) is 5. The van der Waals surface area contributed by atoms with Gasteiger partial charge in [-0.15, -0.1) is 0 Å². The molecule has 128 valence electrons. The maximum absolute atomic E-state index is 10.6. The molecule has 0 atom stereocenters. The highest BCUT2D eigenvalue weighted by molar-refractivity contribution is 9.10. The van der Waals surface area contributed by atoms with E-state index >= 15 is 0 Å². The topological polar surface area (TPSA) is 87.6 Å². The van der Waals surface area contributed by atoms with Crippen LogP contribution in [0, 0.1) is 0 Å². The third-order valence-electron chi connectivity index (χ3n) is 3.38. The minimum Gasteiger partial charge on any atom is -0.488 e. The van der Waals surface area contributed by atoms with E-state index in [-0.39, 0.29) is 6.61 Å². The molecule has 3 aromatic rings. The van der Waals surface area contributed by atoms with E-state index in [1.54, 1.807) is 6.07 Å². The Hall–Kier alpha value is -2.80. The van der Waals surface area contributed by atoms with Crippen molar-refractivity contribution in [2.45, 2.75) is 13.2 Å². The van der Waals surface area contributed by atoms with Crippen LogP contribution in [-0.4, -0.2) is 11.2 Å². The van der Waals surface area contributed by atoms with Gasteiger partial charge in [-0.05, 0) is 39.7 Å². The van der Waals surface area contributed by atoms with E-state index in [9.17, 15) is 4.79 Å². The molecule has 2 N–H and O–H groups in total. The van der Waals surface area contributed by atoms with Crippen molar-refractivity contribution in [3.63, 3.8) is 0 Å². The van der Waals surface area contributed by atoms with Crippen molar-refractivity contribution in [1.82, 2.24) is 5.16 Å². The maximum Gasteiger partial charge on any atom is 0.404 e. The van der Waals surface area contributed by atoms with Gasteiger partial charge in [0.25, 0.3) is 0 Å². The van der Waals surface area contributed by atoms with Crippen LogP contribution in [0.15, 0.2) is 63.6 Å². The molecule has 0 aliphatic rings. The minimum atomic E-state index is -0.861. The van der Waals surface area contributed by atoms with Gasteiger partial charge in [-0.25, -0.2) is 4.79 Å². The summed E-state index contributed by atoms with van der Waals surface area (Å²) >= 11 is 3.51. The molecule has 6 nitrogen and oxygen atoms in total. The summed E-state index contributed by atoms with van der Waals surface area (Å²) in [5.74, 6) is 1.14. The summed E-state index contributed by atoms with van der Waals surface area (Å²) in [7, 11) is 0. The number of carbonyl (C=O) groups is 1. The first-order valence-corrected chi connectivity index (χ1v) is 8.25. The van der Waals surface area contributed by atoms with Gasteiger partial charge in [0, 0.05) is 11.6 Å². The summed E-state index contributed by atoms with van der Waals surface area (Å²) in [4.78, 5) is 10.6. The first-order chi connectivity index (χ1) is 12.1. The number of nitrogens with two attached hydrogens (primary N) is 1. The molecule has 3 rings (SSSR count). The molecule has 0 saturated heterocycles. The summed E-state index contributed by atoms with van der Waals surface area (Å²) in [6.07, 6.45) is -0.861. The van der Waals surface area contributed by atoms with Crippen LogP contribution in [0.25, 0.3) is 11.3 Å². The molecule has 1 amide bonds. The molecule has 0 unspecified atom stereocenters. The molecule has 7 heteroatoms. The van der Waals surface area contributed by atoms with Gasteiger partial charge in [-0.2, -0.15) is 0 Å². The van der Waals surface area contributed by atoms with Crippen molar-refractivity contribution in [3.8, 4) is 17.0 Å². The van der Waals surface area contributed by atoms with E-state index in [4.69, 9.17) is 15.0 Å². The highest BCUT2D eigenvalue weighted by atomic mass is 79.9. The van der Waals surface area contributed by atoms with Gasteiger partial charge in [0.2, 0.25) is 0 Å². The normalized spacial score (nSPS) is 10.4. The maximum atomic E-state index is 10.6. The average molecular weight is 403 g/mol. The van der Waals surface area contributed by atoms with Gasteiger partial charge >= 0.3 is 6.09 Å². The van der Waals surface area contributed by atoms with E-state index in [0.717, 1.165) is 21.3 Å². The summed E-state index contributed by atoms with van der Waals surface area (Å²) in [6.45, 7) is 0.430. The van der Waals surface area contributed by atoms with Crippen LogP contribution in [0.1, 0.15) is 11.3 Å². The number of primary amides is 1. The molecule has 1 heterocycles. The third-order valence-corrected chi connectivity index (χ3v) is 4.00. The molecule has 25 heavy (non-hydrogen) atoms. The van der Waals surface area contributed by atoms with Crippen molar-refractivity contribution in [3.05, 3.63) is 70.4 Å². The molecule has 2 aromatic carbocycles. The highest BCUT2D eigenvalue weighted by Crippen LogP contribution is 2.31. The zero-order valence-corrected chi connectivity index (χ0v) is 14.7. The van der Waals surface area contributed by atoms with Crippen LogP contribution in [0.2, 0.25) is 0 Å². The lowest BCUT2D eigenvalue weighted by atomic mass is 10.1. The van der Waals surface area contributed by atoms with Crippen molar-refractivity contribution in [1.29, 1.82) is 0 Å². The number of halogens is 1. The van der Waals surface area contributed by atoms with Gasteiger partial charge in [0.1, 0.15) is 18.1 Å². The predicted molar refractivity (Wildman–Crippen MR) is 94.8 cm³/mol. The molecular weight excluding hydrogens is 388 g/mol. The first-order valence-electron chi connectivity index (χ1n) is 7.46. The Morgan fingerprint density at radius 3 is 2.64 bits per heavy atom. The van der Waals surface area contributed by atoms with Crippen LogP contribution in [-0.2, 0) is 18.0 Å². The second-order valence-corrected chi connectivity index (χ2v) is 6.06. The molecule has 0 radical (unpaired) electrons. The Labute approximate surface area is 152 Å². The van der Waals surface area contributed by atoms with Crippen LogP contribution >= 0.6 is 15.9 Å². The van der Waals surface area contributed by atoms with Crippen molar-refractivity contribution in [2.75, 3.05) is 0 Å². The van der Waals surface area contributed by atoms with Crippen molar-refractivity contribution < 1.29 is 18.8 Å². The lowest BCUT2D eigenvalue weighted by molar-refractivity contribution is 0.137. The second-order valence-electron chi connectivity index (χ2n) is 5.21. The number of hydrogen-bond donors (Lipinski definition) is 1. The lowest BCUT2D eigenvalue weighted by Gasteiger charge is -2.09. The summed E-state index contributed by atoms with van der Waals surface area (Å²) in [6, 6.07) is 17.2. The zero-order chi connectivity index (χ0) is 17.6. The van der Waals surface area contributed by atoms with Gasteiger partial charge in [0.05, 0.1) is 4.47 Å². The summed E-state index contributed by atoms with van der Waals surface area (Å²) < 4.78 is 16.4. The van der Waals surface area contributed by atoms with Crippen LogP contribution in [0.3, 0.4) is 0 Å². The minimum absolute atomic E-state index is 0.0538. The van der Waals surface area contributed by atoms with Gasteiger partial charge in [-0.3, -0.25) is 0 Å². The highest BCUT2D eigenvalue weighted by Gasteiger charge is 2.10. The molecule has 0 saturated carbocycles. The Morgan fingerprint density at radius 1 is 1.12 bits per heavy atom. The van der Waals surface area contributed by atoms with E-state index in [1.807, 2.05) is 48.5 Å². The fourth-order valence-corrected chi connectivity index (χ4v) is 2.67. The summed E-state index contributed by atoms with van der Waals surface area (Å²) in [5, 5.41) is 3.96. The summed E-state index contributed by atoms with van der Waals surface area (Å²) in [5.41, 5.74) is 7.48. The smallest absolute Gasteiger partial charge is 0.404 e. The molecule has 1 aromatic heterocycles. The Kier molecular flexibility index (Phi) is 5.35. The quantitative estimate of drug-likeness (QED) is 0.664.